The number of H-pyrrole nitrogens is 1. The van der Waals surface area contributed by atoms with E-state index in [2.05, 4.69) is 19.4 Å². The first-order chi connectivity index (χ1) is 11.0. The molecule has 0 bridgehead atoms. The molecule has 0 amide bonds. The van der Waals surface area contributed by atoms with Gasteiger partial charge in [-0.3, -0.25) is 4.79 Å². The molecule has 0 saturated heterocycles. The topological polar surface area (TPSA) is 98.4 Å². The lowest BCUT2D eigenvalue weighted by Crippen LogP contribution is -2.12. The molecule has 3 rings (SSSR count). The SMILES string of the molecule is COC(=O)c1ccc2ccc3c(=O)cc(C(=O)OC)[nH]c3c2n1. The van der Waals surface area contributed by atoms with Crippen molar-refractivity contribution in [2.75, 3.05) is 14.2 Å². The van der Waals surface area contributed by atoms with Crippen LogP contribution in [0.4, 0.5) is 0 Å². The van der Waals surface area contributed by atoms with Gasteiger partial charge in [0.1, 0.15) is 11.4 Å². The summed E-state index contributed by atoms with van der Waals surface area (Å²) in [5, 5.41) is 1.07. The van der Waals surface area contributed by atoms with Gasteiger partial charge < -0.3 is 14.5 Å². The van der Waals surface area contributed by atoms with E-state index in [9.17, 15) is 14.4 Å². The van der Waals surface area contributed by atoms with Crippen LogP contribution in [-0.4, -0.2) is 36.1 Å². The van der Waals surface area contributed by atoms with Crippen molar-refractivity contribution in [3.63, 3.8) is 0 Å². The Bertz CT molecular complexity index is 1010. The number of methoxy groups -OCH3 is 2. The Labute approximate surface area is 129 Å². The normalized spacial score (nSPS) is 10.7. The number of aromatic nitrogens is 2. The number of hydrogen-bond acceptors (Lipinski definition) is 6. The van der Waals surface area contributed by atoms with Crippen molar-refractivity contribution < 1.29 is 19.1 Å². The van der Waals surface area contributed by atoms with Gasteiger partial charge >= 0.3 is 11.9 Å². The molecule has 0 aliphatic rings. The van der Waals surface area contributed by atoms with Gasteiger partial charge in [0.2, 0.25) is 0 Å². The summed E-state index contributed by atoms with van der Waals surface area (Å²) >= 11 is 0. The summed E-state index contributed by atoms with van der Waals surface area (Å²) in [6.45, 7) is 0. The second-order valence-electron chi connectivity index (χ2n) is 4.79. The van der Waals surface area contributed by atoms with Gasteiger partial charge in [-0.2, -0.15) is 0 Å². The first-order valence-electron chi connectivity index (χ1n) is 6.68. The van der Waals surface area contributed by atoms with Crippen molar-refractivity contribution in [3.05, 3.63) is 51.9 Å². The number of hydrogen-bond donors (Lipinski definition) is 1. The lowest BCUT2D eigenvalue weighted by atomic mass is 10.1. The molecule has 0 fully saturated rings. The average molecular weight is 312 g/mol. The van der Waals surface area contributed by atoms with Gasteiger partial charge in [-0.15, -0.1) is 0 Å². The van der Waals surface area contributed by atoms with E-state index in [0.717, 1.165) is 0 Å². The van der Waals surface area contributed by atoms with Crippen LogP contribution < -0.4 is 5.43 Å². The summed E-state index contributed by atoms with van der Waals surface area (Å²) in [6, 6.07) is 7.75. The summed E-state index contributed by atoms with van der Waals surface area (Å²) in [6.07, 6.45) is 0. The van der Waals surface area contributed by atoms with Gasteiger partial charge in [0.25, 0.3) is 0 Å². The van der Waals surface area contributed by atoms with E-state index in [-0.39, 0.29) is 16.8 Å². The van der Waals surface area contributed by atoms with Crippen LogP contribution in [0.15, 0.2) is 35.1 Å². The number of nitrogens with one attached hydrogen (secondary N) is 1. The van der Waals surface area contributed by atoms with Crippen LogP contribution in [0.2, 0.25) is 0 Å². The Morgan fingerprint density at radius 1 is 1.04 bits per heavy atom. The largest absolute Gasteiger partial charge is 0.464 e. The molecule has 2 heterocycles. The van der Waals surface area contributed by atoms with Gasteiger partial charge in [-0.1, -0.05) is 12.1 Å². The Morgan fingerprint density at radius 2 is 1.74 bits per heavy atom. The fraction of sp³-hybridized carbons (Fsp3) is 0.125. The number of fused-ring (bicyclic) bond motifs is 3. The standard InChI is InChI=1S/C16H12N2O5/c1-22-15(20)10-6-4-8-3-5-9-12(19)7-11(16(21)23-2)18-14(9)13(8)17-10/h3-7H,1-2H3,(H,18,19). The monoisotopic (exact) mass is 312 g/mol. The van der Waals surface area contributed by atoms with Crippen molar-refractivity contribution >= 4 is 33.7 Å². The molecule has 1 N–H and O–H groups in total. The van der Waals surface area contributed by atoms with Gasteiger partial charge in [0.05, 0.1) is 25.3 Å². The van der Waals surface area contributed by atoms with E-state index in [0.29, 0.717) is 21.8 Å². The van der Waals surface area contributed by atoms with E-state index in [1.54, 1.807) is 18.2 Å². The highest BCUT2D eigenvalue weighted by Crippen LogP contribution is 2.21. The molecule has 3 aromatic rings. The fourth-order valence-corrected chi connectivity index (χ4v) is 2.34. The third-order valence-corrected chi connectivity index (χ3v) is 3.46. The van der Waals surface area contributed by atoms with Crippen LogP contribution >= 0.6 is 0 Å². The zero-order valence-electron chi connectivity index (χ0n) is 12.4. The fourth-order valence-electron chi connectivity index (χ4n) is 2.34. The maximum Gasteiger partial charge on any atom is 0.356 e. The van der Waals surface area contributed by atoms with E-state index in [4.69, 9.17) is 0 Å². The first-order valence-corrected chi connectivity index (χ1v) is 6.68. The van der Waals surface area contributed by atoms with Crippen LogP contribution in [-0.2, 0) is 9.47 Å². The van der Waals surface area contributed by atoms with Gasteiger partial charge in [0, 0.05) is 16.8 Å². The predicted molar refractivity (Wildman–Crippen MR) is 82.5 cm³/mol. The first kappa shape index (κ1) is 14.7. The minimum absolute atomic E-state index is 0.0165. The molecular formula is C16H12N2O5. The molecule has 0 aliphatic carbocycles. The highest BCUT2D eigenvalue weighted by Gasteiger charge is 2.14. The van der Waals surface area contributed by atoms with Gasteiger partial charge in [0.15, 0.2) is 5.43 Å². The molecule has 0 aliphatic heterocycles. The van der Waals surface area contributed by atoms with Crippen molar-refractivity contribution in [2.24, 2.45) is 0 Å². The van der Waals surface area contributed by atoms with Crippen molar-refractivity contribution in [3.8, 4) is 0 Å². The van der Waals surface area contributed by atoms with Crippen LogP contribution in [0.25, 0.3) is 21.8 Å². The van der Waals surface area contributed by atoms with Gasteiger partial charge in [-0.05, 0) is 12.1 Å². The number of aromatic amines is 1. The average Bonchev–Trinajstić information content (AvgIpc) is 2.59. The third kappa shape index (κ3) is 2.42. The molecule has 116 valence electrons. The number of benzene rings is 1. The lowest BCUT2D eigenvalue weighted by Gasteiger charge is -2.07. The zero-order chi connectivity index (χ0) is 16.6. The molecule has 0 atom stereocenters. The van der Waals surface area contributed by atoms with E-state index >= 15 is 0 Å². The number of pyridine rings is 2. The molecule has 23 heavy (non-hydrogen) atoms. The number of nitrogens with zero attached hydrogens (tertiary/aromatic N) is 1. The van der Waals surface area contributed by atoms with Crippen molar-refractivity contribution in [2.45, 2.75) is 0 Å². The van der Waals surface area contributed by atoms with Crippen LogP contribution in [0, 0.1) is 0 Å². The molecule has 7 heteroatoms. The summed E-state index contributed by atoms with van der Waals surface area (Å²) in [5.74, 6) is -1.25. The minimum Gasteiger partial charge on any atom is -0.464 e. The minimum atomic E-state index is -0.662. The van der Waals surface area contributed by atoms with Crippen LogP contribution in [0.1, 0.15) is 21.0 Å². The predicted octanol–water partition coefficient (Wildman–Crippen LogP) is 1.65. The van der Waals surface area contributed by atoms with Crippen LogP contribution in [0.5, 0.6) is 0 Å². The second kappa shape index (κ2) is 5.53. The number of ether oxygens (including phenoxy) is 2. The molecule has 2 aromatic heterocycles. The number of rotatable bonds is 2. The molecule has 0 unspecified atom stereocenters. The summed E-state index contributed by atoms with van der Waals surface area (Å²) in [5.41, 5.74) is 0.542. The Kier molecular flexibility index (Phi) is 3.53. The van der Waals surface area contributed by atoms with Crippen molar-refractivity contribution in [1.82, 2.24) is 9.97 Å². The molecular weight excluding hydrogens is 300 g/mol. The molecule has 0 saturated carbocycles. The van der Waals surface area contributed by atoms with Gasteiger partial charge in [-0.25, -0.2) is 14.6 Å². The molecule has 1 aromatic carbocycles. The molecule has 0 radical (unpaired) electrons. The lowest BCUT2D eigenvalue weighted by molar-refractivity contribution is 0.0585. The van der Waals surface area contributed by atoms with E-state index in [1.807, 2.05) is 0 Å². The highest BCUT2D eigenvalue weighted by molar-refractivity contribution is 6.05. The van der Waals surface area contributed by atoms with Crippen LogP contribution in [0.3, 0.4) is 0 Å². The number of esters is 2. The maximum atomic E-state index is 12.2. The Hall–Kier alpha value is -3.22. The third-order valence-electron chi connectivity index (χ3n) is 3.46. The zero-order valence-corrected chi connectivity index (χ0v) is 12.4. The Balaban J connectivity index is 2.39. The molecule has 0 spiro atoms. The number of carbonyl (C=O) groups excluding carboxylic acids is 2. The maximum absolute atomic E-state index is 12.2. The summed E-state index contributed by atoms with van der Waals surface area (Å²) in [4.78, 5) is 42.6. The second-order valence-corrected chi connectivity index (χ2v) is 4.79. The quantitative estimate of drug-likeness (QED) is 0.570. The smallest absolute Gasteiger partial charge is 0.356 e. The number of carbonyl (C=O) groups is 2. The van der Waals surface area contributed by atoms with E-state index in [1.165, 1.54) is 26.4 Å². The Morgan fingerprint density at radius 3 is 2.43 bits per heavy atom. The summed E-state index contributed by atoms with van der Waals surface area (Å²) in [7, 11) is 2.48. The summed E-state index contributed by atoms with van der Waals surface area (Å²) < 4.78 is 9.28. The van der Waals surface area contributed by atoms with E-state index < -0.39 is 11.9 Å². The molecule has 7 nitrogen and oxygen atoms in total. The van der Waals surface area contributed by atoms with Crippen molar-refractivity contribution in [1.29, 1.82) is 0 Å². The highest BCUT2D eigenvalue weighted by atomic mass is 16.5.